The summed E-state index contributed by atoms with van der Waals surface area (Å²) >= 11 is 0. The summed E-state index contributed by atoms with van der Waals surface area (Å²) in [7, 11) is 0. The monoisotopic (exact) mass is 273 g/mol. The van der Waals surface area contributed by atoms with Crippen molar-refractivity contribution in [1.29, 1.82) is 0 Å². The number of morpholine rings is 1. The average Bonchev–Trinajstić information content (AvgIpc) is 2.46. The summed E-state index contributed by atoms with van der Waals surface area (Å²) in [6.45, 7) is 6.59. The molecule has 106 valence electrons. The van der Waals surface area contributed by atoms with Crippen LogP contribution in [0.4, 0.5) is 0 Å². The molecule has 0 radical (unpaired) electrons. The molecule has 5 nitrogen and oxygen atoms in total. The average molecular weight is 273 g/mol. The molecule has 1 aliphatic rings. The highest BCUT2D eigenvalue weighted by molar-refractivity contribution is 5.77. The molecule has 2 heterocycles. The Morgan fingerprint density at radius 2 is 2.25 bits per heavy atom. The second kappa shape index (κ2) is 5.34. The fraction of sp³-hybridized carbons (Fsp3) is 0.467. The van der Waals surface area contributed by atoms with Crippen molar-refractivity contribution in [3.63, 3.8) is 0 Å². The highest BCUT2D eigenvalue weighted by Crippen LogP contribution is 2.20. The van der Waals surface area contributed by atoms with Crippen LogP contribution in [-0.2, 0) is 4.74 Å². The van der Waals surface area contributed by atoms with Crippen molar-refractivity contribution in [2.24, 2.45) is 0 Å². The van der Waals surface area contributed by atoms with Crippen LogP contribution in [0.2, 0.25) is 0 Å². The van der Waals surface area contributed by atoms with E-state index in [-0.39, 0.29) is 17.7 Å². The number of fused-ring (bicyclic) bond motifs is 1. The fourth-order valence-electron chi connectivity index (χ4n) is 2.67. The minimum atomic E-state index is -0.0706. The number of ether oxygens (including phenoxy) is 1. The number of hydrogen-bond donors (Lipinski definition) is 1. The maximum atomic E-state index is 12.1. The molecule has 0 saturated carbocycles. The Morgan fingerprint density at radius 1 is 1.45 bits per heavy atom. The molecule has 1 saturated heterocycles. The number of H-pyrrole nitrogens is 1. The molecule has 0 spiro atoms. The Hall–Kier alpha value is -1.72. The number of nitrogens with zero attached hydrogens (tertiary/aromatic N) is 2. The quantitative estimate of drug-likeness (QED) is 0.905. The molecule has 1 N–H and O–H groups in total. The second-order valence-corrected chi connectivity index (χ2v) is 5.32. The van der Waals surface area contributed by atoms with Gasteiger partial charge in [0.2, 0.25) is 0 Å². The van der Waals surface area contributed by atoms with Gasteiger partial charge in [0.05, 0.1) is 29.7 Å². The molecule has 3 rings (SSSR count). The van der Waals surface area contributed by atoms with Gasteiger partial charge in [0.25, 0.3) is 5.56 Å². The molecule has 1 aromatic carbocycles. The van der Waals surface area contributed by atoms with Crippen LogP contribution in [0.1, 0.15) is 25.7 Å². The van der Waals surface area contributed by atoms with Gasteiger partial charge in [-0.3, -0.25) is 9.69 Å². The molecule has 5 heteroatoms. The molecule has 0 bridgehead atoms. The van der Waals surface area contributed by atoms with Crippen LogP contribution in [0.15, 0.2) is 29.1 Å². The van der Waals surface area contributed by atoms with Gasteiger partial charge in [0.15, 0.2) is 0 Å². The number of aromatic amines is 1. The lowest BCUT2D eigenvalue weighted by molar-refractivity contribution is -0.0330. The summed E-state index contributed by atoms with van der Waals surface area (Å²) in [6, 6.07) is 7.51. The van der Waals surface area contributed by atoms with Crippen LogP contribution in [0, 0.1) is 0 Å². The standard InChI is InChI=1S/C15H19N3O2/c1-10-9-18(7-8-20-10)11(2)14-16-13-6-4-3-5-12(13)15(19)17-14/h3-6,10-11H,7-9H2,1-2H3,(H,16,17,19). The Bertz CT molecular complexity index is 667. The van der Waals surface area contributed by atoms with E-state index in [0.29, 0.717) is 5.39 Å². The first-order valence-electron chi connectivity index (χ1n) is 7.00. The van der Waals surface area contributed by atoms with Crippen LogP contribution in [0.3, 0.4) is 0 Å². The summed E-state index contributed by atoms with van der Waals surface area (Å²) in [5.41, 5.74) is 0.679. The van der Waals surface area contributed by atoms with Gasteiger partial charge in [0, 0.05) is 13.1 Å². The lowest BCUT2D eigenvalue weighted by Crippen LogP contribution is -2.43. The summed E-state index contributed by atoms with van der Waals surface area (Å²) in [6.07, 6.45) is 0.221. The molecule has 2 aromatic rings. The van der Waals surface area contributed by atoms with E-state index in [4.69, 9.17) is 4.74 Å². The van der Waals surface area contributed by atoms with Gasteiger partial charge in [0.1, 0.15) is 5.82 Å². The Balaban J connectivity index is 1.95. The maximum Gasteiger partial charge on any atom is 0.258 e. The Morgan fingerprint density at radius 3 is 3.05 bits per heavy atom. The Labute approximate surface area is 117 Å². The molecule has 1 aromatic heterocycles. The maximum absolute atomic E-state index is 12.1. The largest absolute Gasteiger partial charge is 0.376 e. The van der Waals surface area contributed by atoms with E-state index < -0.39 is 0 Å². The van der Waals surface area contributed by atoms with Crippen LogP contribution in [0.25, 0.3) is 10.9 Å². The lowest BCUT2D eigenvalue weighted by atomic mass is 10.2. The van der Waals surface area contributed by atoms with Crippen molar-refractivity contribution < 1.29 is 4.74 Å². The van der Waals surface area contributed by atoms with E-state index in [1.54, 1.807) is 6.07 Å². The SMILES string of the molecule is CC1CN(C(C)c2nc3ccccc3c(=O)[nH]2)CCO1. The van der Waals surface area contributed by atoms with Crippen LogP contribution in [-0.4, -0.2) is 40.7 Å². The third-order valence-electron chi connectivity index (χ3n) is 3.85. The van der Waals surface area contributed by atoms with E-state index >= 15 is 0 Å². The fourth-order valence-corrected chi connectivity index (χ4v) is 2.67. The van der Waals surface area contributed by atoms with Crippen molar-refractivity contribution in [2.45, 2.75) is 26.0 Å². The van der Waals surface area contributed by atoms with E-state index in [1.165, 1.54) is 0 Å². The zero-order valence-electron chi connectivity index (χ0n) is 11.8. The number of rotatable bonds is 2. The number of para-hydroxylation sites is 1. The zero-order chi connectivity index (χ0) is 14.1. The van der Waals surface area contributed by atoms with Crippen molar-refractivity contribution in [1.82, 2.24) is 14.9 Å². The van der Waals surface area contributed by atoms with E-state index in [1.807, 2.05) is 18.2 Å². The molecule has 0 amide bonds. The molecule has 2 atom stereocenters. The van der Waals surface area contributed by atoms with Gasteiger partial charge >= 0.3 is 0 Å². The van der Waals surface area contributed by atoms with Crippen molar-refractivity contribution in [3.8, 4) is 0 Å². The number of benzene rings is 1. The van der Waals surface area contributed by atoms with Crippen molar-refractivity contribution >= 4 is 10.9 Å². The van der Waals surface area contributed by atoms with Crippen molar-refractivity contribution in [3.05, 3.63) is 40.4 Å². The van der Waals surface area contributed by atoms with Gasteiger partial charge in [-0.15, -0.1) is 0 Å². The molecule has 1 fully saturated rings. The summed E-state index contributed by atoms with van der Waals surface area (Å²) in [4.78, 5) is 21.9. The molecular formula is C15H19N3O2. The molecule has 2 unspecified atom stereocenters. The van der Waals surface area contributed by atoms with Gasteiger partial charge in [-0.25, -0.2) is 4.98 Å². The van der Waals surface area contributed by atoms with Gasteiger partial charge in [-0.05, 0) is 26.0 Å². The summed E-state index contributed by atoms with van der Waals surface area (Å²) < 4.78 is 5.55. The minimum absolute atomic E-state index is 0.0706. The number of aromatic nitrogens is 2. The Kier molecular flexibility index (Phi) is 3.54. The number of nitrogens with one attached hydrogen (secondary N) is 1. The first-order valence-corrected chi connectivity index (χ1v) is 7.00. The third-order valence-corrected chi connectivity index (χ3v) is 3.85. The molecule has 20 heavy (non-hydrogen) atoms. The van der Waals surface area contributed by atoms with E-state index in [9.17, 15) is 4.79 Å². The topological polar surface area (TPSA) is 58.2 Å². The molecule has 0 aliphatic carbocycles. The van der Waals surface area contributed by atoms with Crippen LogP contribution in [0.5, 0.6) is 0 Å². The van der Waals surface area contributed by atoms with E-state index in [0.717, 1.165) is 31.0 Å². The van der Waals surface area contributed by atoms with Crippen LogP contribution < -0.4 is 5.56 Å². The third kappa shape index (κ3) is 2.46. The molecule has 1 aliphatic heterocycles. The minimum Gasteiger partial charge on any atom is -0.376 e. The highest BCUT2D eigenvalue weighted by atomic mass is 16.5. The first kappa shape index (κ1) is 13.3. The van der Waals surface area contributed by atoms with Gasteiger partial charge in [-0.2, -0.15) is 0 Å². The number of hydrogen-bond acceptors (Lipinski definition) is 4. The predicted molar refractivity (Wildman–Crippen MR) is 77.8 cm³/mol. The summed E-state index contributed by atoms with van der Waals surface area (Å²) in [5, 5.41) is 0.638. The van der Waals surface area contributed by atoms with Crippen LogP contribution >= 0.6 is 0 Å². The summed E-state index contributed by atoms with van der Waals surface area (Å²) in [5.74, 6) is 0.725. The zero-order valence-corrected chi connectivity index (χ0v) is 11.8. The van der Waals surface area contributed by atoms with E-state index in [2.05, 4.69) is 28.7 Å². The lowest BCUT2D eigenvalue weighted by Gasteiger charge is -2.34. The van der Waals surface area contributed by atoms with Crippen molar-refractivity contribution in [2.75, 3.05) is 19.7 Å². The first-order chi connectivity index (χ1) is 9.65. The predicted octanol–water partition coefficient (Wildman–Crippen LogP) is 1.70. The molecular weight excluding hydrogens is 254 g/mol. The second-order valence-electron chi connectivity index (χ2n) is 5.32. The van der Waals surface area contributed by atoms with Gasteiger partial charge in [-0.1, -0.05) is 12.1 Å². The highest BCUT2D eigenvalue weighted by Gasteiger charge is 2.24. The smallest absolute Gasteiger partial charge is 0.258 e. The normalized spacial score (nSPS) is 22.0. The van der Waals surface area contributed by atoms with Gasteiger partial charge < -0.3 is 9.72 Å².